The molecule has 120 valence electrons. The molecule has 3 amide bonds. The number of anilines is 1. The number of rotatable bonds is 6. The van der Waals surface area contributed by atoms with Gasteiger partial charge in [-0.1, -0.05) is 0 Å². The van der Waals surface area contributed by atoms with Crippen LogP contribution in [0.1, 0.15) is 29.6 Å². The van der Waals surface area contributed by atoms with E-state index in [2.05, 4.69) is 10.2 Å². The van der Waals surface area contributed by atoms with E-state index in [1.165, 1.54) is 11.3 Å². The Labute approximate surface area is 132 Å². The van der Waals surface area contributed by atoms with Gasteiger partial charge < -0.3 is 21.7 Å². The molecule has 0 radical (unpaired) electrons. The van der Waals surface area contributed by atoms with Crippen LogP contribution in [-0.4, -0.2) is 42.3 Å². The average Bonchev–Trinajstić information content (AvgIpc) is 2.94. The fourth-order valence-electron chi connectivity index (χ4n) is 2.49. The Morgan fingerprint density at radius 3 is 2.55 bits per heavy atom. The smallest absolute Gasteiger partial charge is 0.251 e. The van der Waals surface area contributed by atoms with Crippen molar-refractivity contribution in [2.45, 2.75) is 19.3 Å². The zero-order chi connectivity index (χ0) is 16.1. The highest BCUT2D eigenvalue weighted by molar-refractivity contribution is 7.14. The first-order chi connectivity index (χ1) is 10.5. The van der Waals surface area contributed by atoms with Crippen LogP contribution in [0.3, 0.4) is 0 Å². The van der Waals surface area contributed by atoms with Gasteiger partial charge in [-0.3, -0.25) is 14.4 Å². The fraction of sp³-hybridized carbons (Fsp3) is 0.500. The molecular weight excluding hydrogens is 304 g/mol. The first-order valence-electron chi connectivity index (χ1n) is 7.16. The van der Waals surface area contributed by atoms with Crippen molar-refractivity contribution >= 4 is 34.1 Å². The minimum absolute atomic E-state index is 0.0469. The number of hydrogen-bond donors (Lipinski definition) is 3. The topological polar surface area (TPSA) is 119 Å². The summed E-state index contributed by atoms with van der Waals surface area (Å²) in [6.45, 7) is 2.16. The monoisotopic (exact) mass is 324 g/mol. The lowest BCUT2D eigenvalue weighted by Gasteiger charge is -2.30. The van der Waals surface area contributed by atoms with Crippen LogP contribution < -0.4 is 16.8 Å². The van der Waals surface area contributed by atoms with Crippen molar-refractivity contribution in [1.29, 1.82) is 0 Å². The summed E-state index contributed by atoms with van der Waals surface area (Å²) < 4.78 is 0. The van der Waals surface area contributed by atoms with Crippen LogP contribution in [0.15, 0.2) is 11.4 Å². The van der Waals surface area contributed by atoms with Gasteiger partial charge in [0.15, 0.2) is 0 Å². The minimum Gasteiger partial charge on any atom is -0.369 e. The molecule has 8 heteroatoms. The lowest BCUT2D eigenvalue weighted by atomic mass is 9.96. The van der Waals surface area contributed by atoms with Gasteiger partial charge >= 0.3 is 0 Å². The minimum atomic E-state index is -0.551. The molecule has 1 aromatic rings. The molecule has 0 spiro atoms. The maximum absolute atomic E-state index is 11.9. The molecule has 2 rings (SSSR count). The van der Waals surface area contributed by atoms with Crippen molar-refractivity contribution in [3.63, 3.8) is 0 Å². The van der Waals surface area contributed by atoms with E-state index in [0.29, 0.717) is 23.5 Å². The highest BCUT2D eigenvalue weighted by Crippen LogP contribution is 2.23. The number of thiophene rings is 1. The number of nitrogens with one attached hydrogen (secondary N) is 1. The number of likely N-dealkylation sites (tertiary alicyclic amines) is 1. The Morgan fingerprint density at radius 2 is 1.95 bits per heavy atom. The van der Waals surface area contributed by atoms with Gasteiger partial charge in [0.2, 0.25) is 11.8 Å². The average molecular weight is 324 g/mol. The summed E-state index contributed by atoms with van der Waals surface area (Å²) in [6.07, 6.45) is 1.82. The van der Waals surface area contributed by atoms with Crippen LogP contribution in [-0.2, 0) is 9.59 Å². The zero-order valence-electron chi connectivity index (χ0n) is 12.2. The third-order valence-corrected chi connectivity index (χ3v) is 4.66. The summed E-state index contributed by atoms with van der Waals surface area (Å²) in [5.41, 5.74) is 10.9. The predicted molar refractivity (Wildman–Crippen MR) is 84.4 cm³/mol. The summed E-state index contributed by atoms with van der Waals surface area (Å²) in [7, 11) is 0. The molecule has 0 saturated carbocycles. The van der Waals surface area contributed by atoms with Crippen molar-refractivity contribution in [3.05, 3.63) is 17.0 Å². The van der Waals surface area contributed by atoms with Crippen LogP contribution in [0.2, 0.25) is 0 Å². The van der Waals surface area contributed by atoms with E-state index in [1.807, 2.05) is 0 Å². The Bertz CT molecular complexity index is 564. The van der Waals surface area contributed by atoms with Crippen molar-refractivity contribution in [2.75, 3.05) is 25.0 Å². The van der Waals surface area contributed by atoms with Gasteiger partial charge in [0.25, 0.3) is 5.91 Å². The molecule has 22 heavy (non-hydrogen) atoms. The third-order valence-electron chi connectivity index (χ3n) is 3.83. The Hall–Kier alpha value is -1.93. The molecule has 1 aliphatic heterocycles. The first kappa shape index (κ1) is 16.4. The number of carbonyl (C=O) groups excluding carboxylic acids is 3. The predicted octanol–water partition coefficient (Wildman–Crippen LogP) is 0.373. The van der Waals surface area contributed by atoms with Crippen LogP contribution in [0, 0.1) is 5.92 Å². The van der Waals surface area contributed by atoms with Crippen LogP contribution >= 0.6 is 11.3 Å². The van der Waals surface area contributed by atoms with Gasteiger partial charge in [-0.05, 0) is 37.4 Å². The van der Waals surface area contributed by atoms with Crippen LogP contribution in [0.25, 0.3) is 0 Å². The second-order valence-electron chi connectivity index (χ2n) is 5.34. The van der Waals surface area contributed by atoms with E-state index in [1.54, 1.807) is 11.4 Å². The number of primary amides is 2. The number of carbonyl (C=O) groups is 3. The summed E-state index contributed by atoms with van der Waals surface area (Å²) in [5.74, 6) is -0.990. The van der Waals surface area contributed by atoms with E-state index < -0.39 is 5.91 Å². The Kier molecular flexibility index (Phi) is 5.51. The molecule has 7 nitrogen and oxygen atoms in total. The van der Waals surface area contributed by atoms with Gasteiger partial charge in [0.05, 0.1) is 5.56 Å². The molecule has 2 heterocycles. The van der Waals surface area contributed by atoms with Crippen LogP contribution in [0.5, 0.6) is 0 Å². The molecule has 0 bridgehead atoms. The molecule has 0 atom stereocenters. The SMILES string of the molecule is NC(=O)c1ccsc1NC(=O)CCN1CCC(C(N)=O)CC1. The Balaban J connectivity index is 1.76. The lowest BCUT2D eigenvalue weighted by Crippen LogP contribution is -2.39. The summed E-state index contributed by atoms with van der Waals surface area (Å²) in [4.78, 5) is 36.4. The molecule has 1 saturated heterocycles. The van der Waals surface area contributed by atoms with E-state index in [0.717, 1.165) is 25.9 Å². The summed E-state index contributed by atoms with van der Waals surface area (Å²) >= 11 is 1.27. The van der Waals surface area contributed by atoms with Gasteiger partial charge in [0.1, 0.15) is 5.00 Å². The van der Waals surface area contributed by atoms with Gasteiger partial charge in [0, 0.05) is 18.9 Å². The maximum Gasteiger partial charge on any atom is 0.251 e. The highest BCUT2D eigenvalue weighted by atomic mass is 32.1. The molecule has 1 aromatic heterocycles. The second-order valence-corrected chi connectivity index (χ2v) is 6.26. The highest BCUT2D eigenvalue weighted by Gasteiger charge is 2.23. The molecule has 0 aliphatic carbocycles. The molecule has 1 fully saturated rings. The van der Waals surface area contributed by atoms with E-state index in [9.17, 15) is 14.4 Å². The molecular formula is C14H20N4O3S. The second kappa shape index (κ2) is 7.37. The van der Waals surface area contributed by atoms with Crippen LogP contribution in [0.4, 0.5) is 5.00 Å². The normalized spacial score (nSPS) is 16.4. The van der Waals surface area contributed by atoms with Gasteiger partial charge in [-0.15, -0.1) is 11.3 Å². The van der Waals surface area contributed by atoms with Gasteiger partial charge in [-0.2, -0.15) is 0 Å². The van der Waals surface area contributed by atoms with Crippen molar-refractivity contribution in [2.24, 2.45) is 17.4 Å². The molecule has 1 aliphatic rings. The number of nitrogens with two attached hydrogens (primary N) is 2. The zero-order valence-corrected chi connectivity index (χ0v) is 13.0. The number of piperidine rings is 1. The van der Waals surface area contributed by atoms with E-state index >= 15 is 0 Å². The van der Waals surface area contributed by atoms with E-state index in [-0.39, 0.29) is 17.7 Å². The maximum atomic E-state index is 11.9. The quantitative estimate of drug-likeness (QED) is 0.700. The van der Waals surface area contributed by atoms with Crippen molar-refractivity contribution < 1.29 is 14.4 Å². The summed E-state index contributed by atoms with van der Waals surface area (Å²) in [5, 5.41) is 4.92. The number of hydrogen-bond acceptors (Lipinski definition) is 5. The standard InChI is InChI=1S/C14H20N4O3S/c15-12(20)9-1-5-18(6-2-9)7-3-11(19)17-14-10(13(16)21)4-8-22-14/h4,8-9H,1-3,5-7H2,(H2,15,20)(H2,16,21)(H,17,19). The molecule has 0 aromatic carbocycles. The van der Waals surface area contributed by atoms with Crippen molar-refractivity contribution in [1.82, 2.24) is 4.90 Å². The van der Waals surface area contributed by atoms with Gasteiger partial charge in [-0.25, -0.2) is 0 Å². The van der Waals surface area contributed by atoms with E-state index in [4.69, 9.17) is 11.5 Å². The lowest BCUT2D eigenvalue weighted by molar-refractivity contribution is -0.123. The molecule has 0 unspecified atom stereocenters. The van der Waals surface area contributed by atoms with Crippen molar-refractivity contribution in [3.8, 4) is 0 Å². The molecule has 5 N–H and O–H groups in total. The third kappa shape index (κ3) is 4.28. The number of amides is 3. The summed E-state index contributed by atoms with van der Waals surface area (Å²) in [6, 6.07) is 1.59. The largest absolute Gasteiger partial charge is 0.369 e. The Morgan fingerprint density at radius 1 is 1.27 bits per heavy atom. The first-order valence-corrected chi connectivity index (χ1v) is 8.04. The number of nitrogens with zero attached hydrogens (tertiary/aromatic N) is 1. The fourth-order valence-corrected chi connectivity index (χ4v) is 3.30.